The number of nitrogens with one attached hydrogen (secondary N) is 1. The van der Waals surface area contributed by atoms with Crippen LogP contribution in [-0.2, 0) is 0 Å². The summed E-state index contributed by atoms with van der Waals surface area (Å²) in [6.45, 7) is 5.37. The number of nitrogens with zero attached hydrogens (tertiary/aromatic N) is 1. The van der Waals surface area contributed by atoms with Crippen molar-refractivity contribution in [3.63, 3.8) is 0 Å². The molecule has 1 heterocycles. The van der Waals surface area contributed by atoms with Crippen LogP contribution in [0.5, 0.6) is 0 Å². The van der Waals surface area contributed by atoms with Gasteiger partial charge in [0, 0.05) is 17.1 Å². The van der Waals surface area contributed by atoms with E-state index in [1.54, 1.807) is 11.3 Å². The van der Waals surface area contributed by atoms with Gasteiger partial charge in [-0.1, -0.05) is 0 Å². The lowest BCUT2D eigenvalue weighted by molar-refractivity contribution is 0.561. The zero-order valence-electron chi connectivity index (χ0n) is 9.75. The van der Waals surface area contributed by atoms with E-state index in [0.717, 1.165) is 11.6 Å². The molecule has 0 aliphatic heterocycles. The summed E-state index contributed by atoms with van der Waals surface area (Å²) in [5.41, 5.74) is 0. The zero-order chi connectivity index (χ0) is 11.1. The molecule has 0 aliphatic carbocycles. The Morgan fingerprint density at radius 3 is 2.93 bits per heavy atom. The van der Waals surface area contributed by atoms with Gasteiger partial charge >= 0.3 is 0 Å². The van der Waals surface area contributed by atoms with Gasteiger partial charge in [0.05, 0.1) is 5.01 Å². The van der Waals surface area contributed by atoms with Crippen LogP contribution in [-0.4, -0.2) is 23.5 Å². The van der Waals surface area contributed by atoms with Crippen molar-refractivity contribution in [1.82, 2.24) is 10.3 Å². The van der Waals surface area contributed by atoms with Gasteiger partial charge in [0.1, 0.15) is 0 Å². The average molecular weight is 244 g/mol. The molecule has 0 amide bonds. The lowest BCUT2D eigenvalue weighted by atomic mass is 10.2. The number of thiazole rings is 1. The van der Waals surface area contributed by atoms with Gasteiger partial charge in [-0.15, -0.1) is 11.3 Å². The van der Waals surface area contributed by atoms with Crippen LogP contribution < -0.4 is 5.32 Å². The minimum Gasteiger partial charge on any atom is -0.309 e. The summed E-state index contributed by atoms with van der Waals surface area (Å²) in [5, 5.41) is 4.69. The second-order valence-electron chi connectivity index (χ2n) is 3.66. The summed E-state index contributed by atoms with van der Waals surface area (Å²) in [5.74, 6) is 1.27. The normalized spacial score (nSPS) is 13.0. The SMILES string of the molecule is CSCCCCNC(C)c1cnc(C)s1. The van der Waals surface area contributed by atoms with E-state index in [1.807, 2.05) is 18.0 Å². The van der Waals surface area contributed by atoms with Crippen LogP contribution in [0.3, 0.4) is 0 Å². The van der Waals surface area contributed by atoms with Crippen LogP contribution in [0.25, 0.3) is 0 Å². The molecule has 0 saturated heterocycles. The van der Waals surface area contributed by atoms with Crippen LogP contribution in [0, 0.1) is 6.92 Å². The highest BCUT2D eigenvalue weighted by Gasteiger charge is 2.06. The maximum atomic E-state index is 4.27. The molecule has 0 bridgehead atoms. The fourth-order valence-electron chi connectivity index (χ4n) is 1.37. The van der Waals surface area contributed by atoms with E-state index in [9.17, 15) is 0 Å². The highest BCUT2D eigenvalue weighted by Crippen LogP contribution is 2.19. The maximum Gasteiger partial charge on any atom is 0.0897 e. The molecule has 1 atom stereocenters. The Bertz CT molecular complexity index is 273. The number of rotatable bonds is 7. The van der Waals surface area contributed by atoms with Crippen LogP contribution in [0.15, 0.2) is 6.20 Å². The Hall–Kier alpha value is -0.0600. The molecule has 1 N–H and O–H groups in total. The van der Waals surface area contributed by atoms with Crippen molar-refractivity contribution < 1.29 is 0 Å². The van der Waals surface area contributed by atoms with Gasteiger partial charge in [0.2, 0.25) is 0 Å². The van der Waals surface area contributed by atoms with Crippen molar-refractivity contribution in [3.05, 3.63) is 16.1 Å². The third-order valence-corrected chi connectivity index (χ3v) is 4.08. The molecular weight excluding hydrogens is 224 g/mol. The summed E-state index contributed by atoms with van der Waals surface area (Å²) in [4.78, 5) is 5.62. The topological polar surface area (TPSA) is 24.9 Å². The Labute approximate surface area is 101 Å². The third kappa shape index (κ3) is 5.00. The molecule has 86 valence electrons. The first-order valence-electron chi connectivity index (χ1n) is 5.38. The highest BCUT2D eigenvalue weighted by molar-refractivity contribution is 7.98. The molecule has 1 rings (SSSR count). The van der Waals surface area contributed by atoms with Gasteiger partial charge in [-0.2, -0.15) is 11.8 Å². The molecule has 0 aromatic carbocycles. The first kappa shape index (κ1) is 13.0. The quantitative estimate of drug-likeness (QED) is 0.745. The molecule has 1 unspecified atom stereocenters. The van der Waals surface area contributed by atoms with E-state index in [1.165, 1.54) is 23.5 Å². The molecule has 0 spiro atoms. The lowest BCUT2D eigenvalue weighted by Gasteiger charge is -2.10. The van der Waals surface area contributed by atoms with E-state index in [0.29, 0.717) is 6.04 Å². The summed E-state index contributed by atoms with van der Waals surface area (Å²) >= 11 is 3.71. The van der Waals surface area contributed by atoms with Crippen LogP contribution in [0.2, 0.25) is 0 Å². The molecule has 1 aromatic heterocycles. The predicted molar refractivity (Wildman–Crippen MR) is 70.9 cm³/mol. The first-order chi connectivity index (χ1) is 7.24. The van der Waals surface area contributed by atoms with Crippen molar-refractivity contribution in [1.29, 1.82) is 0 Å². The Balaban J connectivity index is 2.16. The molecule has 15 heavy (non-hydrogen) atoms. The molecular formula is C11H20N2S2. The van der Waals surface area contributed by atoms with Crippen LogP contribution in [0.1, 0.15) is 35.7 Å². The average Bonchev–Trinajstić information content (AvgIpc) is 2.64. The minimum absolute atomic E-state index is 0.450. The smallest absolute Gasteiger partial charge is 0.0897 e. The van der Waals surface area contributed by atoms with Gasteiger partial charge < -0.3 is 5.32 Å². The fourth-order valence-corrected chi connectivity index (χ4v) is 2.67. The first-order valence-corrected chi connectivity index (χ1v) is 7.59. The number of aryl methyl sites for hydroxylation is 1. The lowest BCUT2D eigenvalue weighted by Crippen LogP contribution is -2.19. The van der Waals surface area contributed by atoms with Gasteiger partial charge in [-0.05, 0) is 45.2 Å². The third-order valence-electron chi connectivity index (χ3n) is 2.29. The van der Waals surface area contributed by atoms with E-state index in [-0.39, 0.29) is 0 Å². The zero-order valence-corrected chi connectivity index (χ0v) is 11.4. The van der Waals surface area contributed by atoms with E-state index in [4.69, 9.17) is 0 Å². The number of thioether (sulfide) groups is 1. The molecule has 0 radical (unpaired) electrons. The van der Waals surface area contributed by atoms with Crippen molar-refractivity contribution in [3.8, 4) is 0 Å². The van der Waals surface area contributed by atoms with Gasteiger partial charge in [0.25, 0.3) is 0 Å². The summed E-state index contributed by atoms with van der Waals surface area (Å²) < 4.78 is 0. The van der Waals surface area contributed by atoms with Crippen LogP contribution in [0.4, 0.5) is 0 Å². The van der Waals surface area contributed by atoms with Crippen molar-refractivity contribution in [2.75, 3.05) is 18.6 Å². The van der Waals surface area contributed by atoms with Crippen molar-refractivity contribution in [2.45, 2.75) is 32.7 Å². The van der Waals surface area contributed by atoms with Crippen molar-refractivity contribution >= 4 is 23.1 Å². The molecule has 0 aliphatic rings. The fraction of sp³-hybridized carbons (Fsp3) is 0.727. The summed E-state index contributed by atoms with van der Waals surface area (Å²) in [7, 11) is 0. The van der Waals surface area contributed by atoms with Gasteiger partial charge in [-0.25, -0.2) is 4.98 Å². The molecule has 0 saturated carbocycles. The second kappa shape index (κ2) is 7.25. The van der Waals surface area contributed by atoms with E-state index >= 15 is 0 Å². The number of hydrogen-bond donors (Lipinski definition) is 1. The minimum atomic E-state index is 0.450. The number of unbranched alkanes of at least 4 members (excludes halogenated alkanes) is 1. The largest absolute Gasteiger partial charge is 0.309 e. The molecule has 4 heteroatoms. The second-order valence-corrected chi connectivity index (χ2v) is 5.91. The summed E-state index contributed by atoms with van der Waals surface area (Å²) in [6, 6.07) is 0.450. The Morgan fingerprint density at radius 1 is 1.53 bits per heavy atom. The number of hydrogen-bond acceptors (Lipinski definition) is 4. The monoisotopic (exact) mass is 244 g/mol. The van der Waals surface area contributed by atoms with Crippen molar-refractivity contribution in [2.24, 2.45) is 0 Å². The van der Waals surface area contributed by atoms with E-state index in [2.05, 4.69) is 30.4 Å². The number of aromatic nitrogens is 1. The van der Waals surface area contributed by atoms with Gasteiger partial charge in [0.15, 0.2) is 0 Å². The maximum absolute atomic E-state index is 4.27. The molecule has 0 fully saturated rings. The van der Waals surface area contributed by atoms with Gasteiger partial charge in [-0.3, -0.25) is 0 Å². The summed E-state index contributed by atoms with van der Waals surface area (Å²) in [6.07, 6.45) is 6.72. The highest BCUT2D eigenvalue weighted by atomic mass is 32.2. The molecule has 2 nitrogen and oxygen atoms in total. The van der Waals surface area contributed by atoms with E-state index < -0.39 is 0 Å². The molecule has 1 aromatic rings. The Morgan fingerprint density at radius 2 is 2.33 bits per heavy atom. The van der Waals surface area contributed by atoms with Crippen LogP contribution >= 0.6 is 23.1 Å². The standard InChI is InChI=1S/C11H20N2S2/c1-9(11-8-13-10(2)15-11)12-6-4-5-7-14-3/h8-9,12H,4-7H2,1-3H3. The Kier molecular flexibility index (Phi) is 6.29. The predicted octanol–water partition coefficient (Wildman–Crippen LogP) is 3.25.